The van der Waals surface area contributed by atoms with E-state index in [1.54, 1.807) is 30.3 Å². The van der Waals surface area contributed by atoms with Crippen LogP contribution in [0.2, 0.25) is 0 Å². The van der Waals surface area contributed by atoms with Crippen LogP contribution in [0.5, 0.6) is 0 Å². The lowest BCUT2D eigenvalue weighted by Crippen LogP contribution is -2.20. The van der Waals surface area contributed by atoms with Gasteiger partial charge in [0.2, 0.25) is 0 Å². The average Bonchev–Trinajstić information content (AvgIpc) is 2.80. The van der Waals surface area contributed by atoms with Crippen LogP contribution >= 0.6 is 0 Å². The number of nitrogens with one attached hydrogen (secondary N) is 1. The second-order valence-corrected chi connectivity index (χ2v) is 6.12. The first-order valence-electron chi connectivity index (χ1n) is 8.18. The van der Waals surface area contributed by atoms with Gasteiger partial charge in [-0.2, -0.15) is 0 Å². The molecule has 1 aliphatic rings. The highest BCUT2D eigenvalue weighted by Gasteiger charge is 2.20. The lowest BCUT2D eigenvalue weighted by Gasteiger charge is -2.10. The molecule has 0 radical (unpaired) electrons. The topological polar surface area (TPSA) is 49.9 Å². The highest BCUT2D eigenvalue weighted by Crippen LogP contribution is 2.30. The van der Waals surface area contributed by atoms with Gasteiger partial charge in [0, 0.05) is 11.1 Å². The fourth-order valence-corrected chi connectivity index (χ4v) is 3.38. The molecule has 3 aromatic rings. The number of aromatic amines is 1. The quantitative estimate of drug-likeness (QED) is 0.732. The Morgan fingerprint density at radius 2 is 1.58 bits per heavy atom. The molecule has 3 nitrogen and oxygen atoms in total. The summed E-state index contributed by atoms with van der Waals surface area (Å²) in [6.45, 7) is 0. The third-order valence-corrected chi connectivity index (χ3v) is 4.58. The Morgan fingerprint density at radius 3 is 2.42 bits per heavy atom. The van der Waals surface area contributed by atoms with Gasteiger partial charge in [0.1, 0.15) is 0 Å². The lowest BCUT2D eigenvalue weighted by molar-refractivity contribution is 0.103. The molecule has 24 heavy (non-hydrogen) atoms. The van der Waals surface area contributed by atoms with Crippen LogP contribution in [-0.2, 0) is 12.8 Å². The molecule has 4 rings (SSSR count). The molecule has 0 bridgehead atoms. The summed E-state index contributed by atoms with van der Waals surface area (Å²) in [5.74, 6) is -0.225. The minimum Gasteiger partial charge on any atom is -0.321 e. The minimum absolute atomic E-state index is 0.222. The summed E-state index contributed by atoms with van der Waals surface area (Å²) < 4.78 is 0. The second-order valence-electron chi connectivity index (χ2n) is 6.12. The van der Waals surface area contributed by atoms with Crippen molar-refractivity contribution in [1.29, 1.82) is 0 Å². The van der Waals surface area contributed by atoms with E-state index in [-0.39, 0.29) is 16.9 Å². The molecule has 0 saturated carbocycles. The molecule has 1 aromatic heterocycles. The summed E-state index contributed by atoms with van der Waals surface area (Å²) in [5, 5.41) is 0. The maximum absolute atomic E-state index is 12.7. The number of ketones is 1. The number of aryl methyl sites for hydroxylation is 2. The van der Waals surface area contributed by atoms with Crippen LogP contribution in [0.1, 0.15) is 33.5 Å². The first-order chi connectivity index (χ1) is 11.7. The Kier molecular flexibility index (Phi) is 3.62. The molecule has 1 aliphatic carbocycles. The molecule has 0 fully saturated rings. The number of fused-ring (bicyclic) bond motifs is 3. The van der Waals surface area contributed by atoms with Crippen molar-refractivity contribution in [2.24, 2.45) is 0 Å². The summed E-state index contributed by atoms with van der Waals surface area (Å²) in [6.07, 6.45) is 2.85. The van der Waals surface area contributed by atoms with E-state index in [1.807, 2.05) is 24.3 Å². The summed E-state index contributed by atoms with van der Waals surface area (Å²) in [7, 11) is 0. The summed E-state index contributed by atoms with van der Waals surface area (Å²) >= 11 is 0. The van der Waals surface area contributed by atoms with Gasteiger partial charge in [-0.15, -0.1) is 0 Å². The van der Waals surface area contributed by atoms with Gasteiger partial charge >= 0.3 is 0 Å². The van der Waals surface area contributed by atoms with Crippen LogP contribution in [0, 0.1) is 0 Å². The third kappa shape index (κ3) is 2.48. The van der Waals surface area contributed by atoms with Crippen LogP contribution in [0.4, 0.5) is 0 Å². The highest BCUT2D eigenvalue weighted by atomic mass is 16.1. The Labute approximate surface area is 140 Å². The standard InChI is InChI=1S/C21H17NO2/c23-20(15-8-2-1-3-9-15)18-13-16-11-6-10-14-7-4-5-12-17(14)19(16)22-21(18)24/h1-5,7-9,12-13H,6,10-11H2,(H,22,24). The van der Waals surface area contributed by atoms with Crippen molar-refractivity contribution in [1.82, 2.24) is 4.98 Å². The summed E-state index contributed by atoms with van der Waals surface area (Å²) in [4.78, 5) is 28.2. The van der Waals surface area contributed by atoms with E-state index in [4.69, 9.17) is 0 Å². The van der Waals surface area contributed by atoms with Gasteiger partial charge in [-0.3, -0.25) is 9.59 Å². The maximum Gasteiger partial charge on any atom is 0.259 e. The molecule has 0 saturated heterocycles. The van der Waals surface area contributed by atoms with E-state index in [0.29, 0.717) is 5.56 Å². The molecule has 1 N–H and O–H groups in total. The average molecular weight is 315 g/mol. The minimum atomic E-state index is -0.320. The first-order valence-corrected chi connectivity index (χ1v) is 8.18. The smallest absolute Gasteiger partial charge is 0.259 e. The van der Waals surface area contributed by atoms with Crippen molar-refractivity contribution in [2.75, 3.05) is 0 Å². The van der Waals surface area contributed by atoms with Crippen molar-refractivity contribution < 1.29 is 4.79 Å². The zero-order valence-corrected chi connectivity index (χ0v) is 13.2. The molecule has 0 aliphatic heterocycles. The SMILES string of the molecule is O=C(c1ccccc1)c1cc2c([nH]c1=O)-c1ccccc1CCC2. The normalized spacial score (nSPS) is 12.8. The molecular weight excluding hydrogens is 298 g/mol. The molecule has 3 heteroatoms. The van der Waals surface area contributed by atoms with E-state index in [1.165, 1.54) is 5.56 Å². The van der Waals surface area contributed by atoms with Crippen LogP contribution in [0.25, 0.3) is 11.3 Å². The largest absolute Gasteiger partial charge is 0.321 e. The monoisotopic (exact) mass is 315 g/mol. The van der Waals surface area contributed by atoms with E-state index in [0.717, 1.165) is 36.1 Å². The van der Waals surface area contributed by atoms with Gasteiger partial charge in [-0.25, -0.2) is 0 Å². The molecule has 0 atom stereocenters. The highest BCUT2D eigenvalue weighted by molar-refractivity contribution is 6.09. The van der Waals surface area contributed by atoms with Crippen molar-refractivity contribution in [3.05, 3.63) is 93.3 Å². The van der Waals surface area contributed by atoms with Gasteiger partial charge < -0.3 is 4.98 Å². The van der Waals surface area contributed by atoms with Gasteiger partial charge in [0.05, 0.1) is 11.3 Å². The number of hydrogen-bond acceptors (Lipinski definition) is 2. The third-order valence-electron chi connectivity index (χ3n) is 4.58. The summed E-state index contributed by atoms with van der Waals surface area (Å²) in [5.41, 5.74) is 4.65. The Bertz CT molecular complexity index is 971. The van der Waals surface area contributed by atoms with Gasteiger partial charge in [0.25, 0.3) is 5.56 Å². The van der Waals surface area contributed by atoms with Gasteiger partial charge in [0.15, 0.2) is 5.78 Å². The van der Waals surface area contributed by atoms with Gasteiger partial charge in [-0.05, 0) is 36.5 Å². The lowest BCUT2D eigenvalue weighted by atomic mass is 9.98. The van der Waals surface area contributed by atoms with Crippen LogP contribution in [-0.4, -0.2) is 10.8 Å². The number of aromatic nitrogens is 1. The molecular formula is C21H17NO2. The predicted molar refractivity (Wildman–Crippen MR) is 94.4 cm³/mol. The fourth-order valence-electron chi connectivity index (χ4n) is 3.38. The maximum atomic E-state index is 12.7. The van der Waals surface area contributed by atoms with Crippen LogP contribution < -0.4 is 5.56 Å². The zero-order valence-electron chi connectivity index (χ0n) is 13.2. The van der Waals surface area contributed by atoms with E-state index in [2.05, 4.69) is 11.1 Å². The molecule has 0 amide bonds. The Hall–Kier alpha value is -2.94. The number of pyridine rings is 1. The Balaban J connectivity index is 1.86. The van der Waals surface area contributed by atoms with Crippen LogP contribution in [0.15, 0.2) is 65.5 Å². The van der Waals surface area contributed by atoms with Crippen molar-refractivity contribution >= 4 is 5.78 Å². The number of hydrogen-bond donors (Lipinski definition) is 1. The van der Waals surface area contributed by atoms with Crippen molar-refractivity contribution in [3.63, 3.8) is 0 Å². The predicted octanol–water partition coefficient (Wildman–Crippen LogP) is 3.76. The molecule has 1 heterocycles. The number of rotatable bonds is 2. The number of carbonyl (C=O) groups is 1. The van der Waals surface area contributed by atoms with Crippen molar-refractivity contribution in [3.8, 4) is 11.3 Å². The van der Waals surface area contributed by atoms with E-state index < -0.39 is 0 Å². The molecule has 0 unspecified atom stereocenters. The molecule has 0 spiro atoms. The number of carbonyl (C=O) groups excluding carboxylic acids is 1. The van der Waals surface area contributed by atoms with E-state index in [9.17, 15) is 9.59 Å². The fraction of sp³-hybridized carbons (Fsp3) is 0.143. The van der Waals surface area contributed by atoms with Crippen molar-refractivity contribution in [2.45, 2.75) is 19.3 Å². The van der Waals surface area contributed by atoms with E-state index >= 15 is 0 Å². The van der Waals surface area contributed by atoms with Crippen LogP contribution in [0.3, 0.4) is 0 Å². The molecule has 2 aromatic carbocycles. The second kappa shape index (κ2) is 5.93. The number of H-pyrrole nitrogens is 1. The summed E-state index contributed by atoms with van der Waals surface area (Å²) in [6, 6.07) is 18.9. The zero-order chi connectivity index (χ0) is 16.5. The first kappa shape index (κ1) is 14.6. The van der Waals surface area contributed by atoms with Gasteiger partial charge in [-0.1, -0.05) is 54.6 Å². The Morgan fingerprint density at radius 1 is 0.875 bits per heavy atom. The molecule has 118 valence electrons. The number of benzene rings is 2.